The molecule has 3 nitrogen and oxygen atoms in total. The molecule has 0 spiro atoms. The minimum Gasteiger partial charge on any atom is -0.397 e. The van der Waals surface area contributed by atoms with Crippen LogP contribution in [-0.4, -0.2) is 0 Å². The van der Waals surface area contributed by atoms with Crippen LogP contribution in [0.2, 0.25) is 0 Å². The van der Waals surface area contributed by atoms with Gasteiger partial charge in [0.25, 0.3) is 0 Å². The first kappa shape index (κ1) is 28.6. The van der Waals surface area contributed by atoms with Crippen molar-refractivity contribution in [3.8, 4) is 11.1 Å². The first-order valence-corrected chi connectivity index (χ1v) is 13.5. The molecule has 0 fully saturated rings. The Morgan fingerprint density at radius 1 is 0.895 bits per heavy atom. The van der Waals surface area contributed by atoms with Gasteiger partial charge in [-0.25, -0.2) is 0 Å². The highest BCUT2D eigenvalue weighted by atomic mass is 14.9. The van der Waals surface area contributed by atoms with Gasteiger partial charge in [0.15, 0.2) is 0 Å². The van der Waals surface area contributed by atoms with E-state index in [0.717, 1.165) is 5.57 Å². The number of nitrogen functional groups attached to an aromatic ring is 2. The van der Waals surface area contributed by atoms with E-state index < -0.39 is 0 Å². The smallest absolute Gasteiger partial charge is 0.0547 e. The van der Waals surface area contributed by atoms with Crippen LogP contribution in [0.4, 0.5) is 11.4 Å². The summed E-state index contributed by atoms with van der Waals surface area (Å²) in [4.78, 5) is 0. The highest BCUT2D eigenvalue weighted by molar-refractivity contribution is 5.93. The van der Waals surface area contributed by atoms with Crippen molar-refractivity contribution in [2.24, 2.45) is 0 Å². The molecule has 0 aromatic heterocycles. The summed E-state index contributed by atoms with van der Waals surface area (Å²) in [6.07, 6.45) is 15.0. The van der Waals surface area contributed by atoms with Gasteiger partial charge in [0.05, 0.1) is 11.4 Å². The molecule has 0 radical (unpaired) electrons. The quantitative estimate of drug-likeness (QED) is 0.240. The fourth-order valence-electron chi connectivity index (χ4n) is 4.96. The van der Waals surface area contributed by atoms with E-state index in [1.807, 2.05) is 24.4 Å². The van der Waals surface area contributed by atoms with Crippen molar-refractivity contribution in [2.75, 3.05) is 11.5 Å². The van der Waals surface area contributed by atoms with Crippen LogP contribution in [-0.2, 0) is 5.41 Å². The van der Waals surface area contributed by atoms with Crippen molar-refractivity contribution in [3.05, 3.63) is 126 Å². The van der Waals surface area contributed by atoms with Gasteiger partial charge in [-0.05, 0) is 83.6 Å². The number of benzene rings is 3. The second-order valence-electron chi connectivity index (χ2n) is 10.2. The molecule has 3 heteroatoms. The fraction of sp³-hybridized carbons (Fsp3) is 0.257. The SMILES string of the molecule is C/C=C\CCC.C=C1/C=C\C=C/NC(C)c2ccc3c(c21)-c1ccccc1C3(C)C.Nc1ccccc1N. The standard InChI is InChI=1S/C23H23N.C6H8N2.C6H12/c1-15-9-7-8-14-24-16(2)17-12-13-20-22(21(15)17)18-10-5-6-11-19(18)23(20,3)4;7-5-3-1-2-4-6(5)8;1-3-5-6-4-2/h5-14,16,24H,1H2,2-4H3;1-4H,7-8H2;3,5H,4,6H2,1-2H3/b9-7-,14-8-;;5-3-. The number of hydrogen-bond donors (Lipinski definition) is 3. The van der Waals surface area contributed by atoms with Crippen LogP contribution < -0.4 is 16.8 Å². The summed E-state index contributed by atoms with van der Waals surface area (Å²) in [6.45, 7) is 15.5. The van der Waals surface area contributed by atoms with Gasteiger partial charge in [0, 0.05) is 11.5 Å². The Labute approximate surface area is 229 Å². The Hall–Kier alpha value is -3.98. The lowest BCUT2D eigenvalue weighted by Gasteiger charge is -2.24. The van der Waals surface area contributed by atoms with Gasteiger partial charge in [-0.15, -0.1) is 0 Å². The summed E-state index contributed by atoms with van der Waals surface area (Å²) in [6, 6.07) is 20.9. The van der Waals surface area contributed by atoms with Gasteiger partial charge >= 0.3 is 0 Å². The minimum absolute atomic E-state index is 0.0261. The number of allylic oxidation sites excluding steroid dienone is 6. The number of nitrogens with two attached hydrogens (primary N) is 2. The van der Waals surface area contributed by atoms with E-state index >= 15 is 0 Å². The summed E-state index contributed by atoms with van der Waals surface area (Å²) >= 11 is 0. The second-order valence-corrected chi connectivity index (χ2v) is 10.2. The Balaban J connectivity index is 0.000000235. The topological polar surface area (TPSA) is 64.1 Å². The zero-order valence-corrected chi connectivity index (χ0v) is 23.6. The third-order valence-electron chi connectivity index (χ3n) is 7.11. The lowest BCUT2D eigenvalue weighted by molar-refractivity contribution is 0.656. The van der Waals surface area contributed by atoms with Gasteiger partial charge in [0.1, 0.15) is 0 Å². The average molecular weight is 506 g/mol. The zero-order valence-electron chi connectivity index (χ0n) is 23.6. The van der Waals surface area contributed by atoms with E-state index in [-0.39, 0.29) is 11.5 Å². The molecular weight excluding hydrogens is 462 g/mol. The van der Waals surface area contributed by atoms with Crippen LogP contribution in [0.1, 0.15) is 75.8 Å². The Morgan fingerprint density at radius 2 is 1.55 bits per heavy atom. The maximum Gasteiger partial charge on any atom is 0.0547 e. The molecule has 5 N–H and O–H groups in total. The van der Waals surface area contributed by atoms with Crippen molar-refractivity contribution < 1.29 is 0 Å². The van der Waals surface area contributed by atoms with Crippen molar-refractivity contribution >= 4 is 16.9 Å². The normalized spacial score (nSPS) is 18.0. The number of fused-ring (bicyclic) bond motifs is 5. The molecule has 1 aliphatic heterocycles. The zero-order chi connectivity index (χ0) is 27.7. The van der Waals surface area contributed by atoms with Gasteiger partial charge in [-0.2, -0.15) is 0 Å². The highest BCUT2D eigenvalue weighted by Gasteiger charge is 2.37. The van der Waals surface area contributed by atoms with E-state index in [0.29, 0.717) is 11.4 Å². The molecule has 1 unspecified atom stereocenters. The van der Waals surface area contributed by atoms with E-state index in [1.165, 1.54) is 46.2 Å². The second kappa shape index (κ2) is 13.0. The number of rotatable bonds is 2. The van der Waals surface area contributed by atoms with Gasteiger partial charge < -0.3 is 16.8 Å². The number of anilines is 2. The van der Waals surface area contributed by atoms with Crippen molar-refractivity contribution in [1.29, 1.82) is 0 Å². The lowest BCUT2D eigenvalue weighted by atomic mass is 9.80. The maximum absolute atomic E-state index is 5.39. The molecule has 1 atom stereocenters. The number of unbranched alkanes of at least 4 members (excludes halogenated alkanes) is 1. The molecule has 1 heterocycles. The molecule has 3 aromatic rings. The molecule has 0 saturated carbocycles. The number of para-hydroxylation sites is 2. The lowest BCUT2D eigenvalue weighted by Crippen LogP contribution is -2.17. The van der Waals surface area contributed by atoms with E-state index in [4.69, 9.17) is 11.5 Å². The summed E-state index contributed by atoms with van der Waals surface area (Å²) < 4.78 is 0. The first-order valence-electron chi connectivity index (χ1n) is 13.5. The van der Waals surface area contributed by atoms with Crippen molar-refractivity contribution in [2.45, 2.75) is 58.9 Å². The predicted molar refractivity (Wildman–Crippen MR) is 168 cm³/mol. The summed E-state index contributed by atoms with van der Waals surface area (Å²) in [5.74, 6) is 0. The number of nitrogens with one attached hydrogen (secondary N) is 1. The van der Waals surface area contributed by atoms with Crippen LogP contribution >= 0.6 is 0 Å². The van der Waals surface area contributed by atoms with Gasteiger partial charge in [0.2, 0.25) is 0 Å². The van der Waals surface area contributed by atoms with Crippen LogP contribution in [0.25, 0.3) is 16.7 Å². The first-order chi connectivity index (χ1) is 18.2. The van der Waals surface area contributed by atoms with Crippen LogP contribution in [0.15, 0.2) is 104 Å². The number of hydrogen-bond acceptors (Lipinski definition) is 3. The molecule has 2 aliphatic rings. The highest BCUT2D eigenvalue weighted by Crippen LogP contribution is 2.52. The maximum atomic E-state index is 5.39. The third-order valence-corrected chi connectivity index (χ3v) is 7.11. The largest absolute Gasteiger partial charge is 0.397 e. The van der Waals surface area contributed by atoms with Gasteiger partial charge in [-0.3, -0.25) is 0 Å². The summed E-state index contributed by atoms with van der Waals surface area (Å²) in [5, 5.41) is 3.46. The Bertz CT molecular complexity index is 1320. The molecule has 0 saturated heterocycles. The van der Waals surface area contributed by atoms with Crippen LogP contribution in [0, 0.1) is 0 Å². The molecule has 1 aliphatic carbocycles. The van der Waals surface area contributed by atoms with E-state index in [2.05, 4.69) is 107 Å². The Kier molecular flexibility index (Phi) is 9.78. The average Bonchev–Trinajstić information content (AvgIpc) is 3.18. The molecular formula is C35H43N3. The molecule has 0 amide bonds. The molecule has 5 rings (SSSR count). The fourth-order valence-corrected chi connectivity index (χ4v) is 4.96. The van der Waals surface area contributed by atoms with E-state index in [9.17, 15) is 0 Å². The predicted octanol–water partition coefficient (Wildman–Crippen LogP) is 8.95. The van der Waals surface area contributed by atoms with Crippen LogP contribution in [0.5, 0.6) is 0 Å². The molecule has 0 bridgehead atoms. The summed E-state index contributed by atoms with van der Waals surface area (Å²) in [5.41, 5.74) is 21.3. The molecule has 198 valence electrons. The monoisotopic (exact) mass is 505 g/mol. The van der Waals surface area contributed by atoms with Crippen LogP contribution in [0.3, 0.4) is 0 Å². The molecule has 3 aromatic carbocycles. The van der Waals surface area contributed by atoms with Crippen molar-refractivity contribution in [1.82, 2.24) is 5.32 Å². The Morgan fingerprint density at radius 3 is 2.16 bits per heavy atom. The van der Waals surface area contributed by atoms with Gasteiger partial charge in [-0.1, -0.05) is 107 Å². The minimum atomic E-state index is 0.0261. The molecule has 38 heavy (non-hydrogen) atoms. The van der Waals surface area contributed by atoms with E-state index in [1.54, 1.807) is 12.1 Å². The summed E-state index contributed by atoms with van der Waals surface area (Å²) in [7, 11) is 0. The van der Waals surface area contributed by atoms with Crippen molar-refractivity contribution in [3.63, 3.8) is 0 Å². The third kappa shape index (κ3) is 6.28.